The summed E-state index contributed by atoms with van der Waals surface area (Å²) < 4.78 is 0. The van der Waals surface area contributed by atoms with Crippen LogP contribution in [-0.2, 0) is 5.33 Å². The van der Waals surface area contributed by atoms with Gasteiger partial charge in [-0.05, 0) is 30.4 Å². The van der Waals surface area contributed by atoms with Gasteiger partial charge in [0.25, 0.3) is 0 Å². The van der Waals surface area contributed by atoms with Crippen molar-refractivity contribution in [2.75, 3.05) is 18.0 Å². The van der Waals surface area contributed by atoms with Gasteiger partial charge in [0.2, 0.25) is 0 Å². The van der Waals surface area contributed by atoms with Crippen LogP contribution < -0.4 is 4.90 Å². The number of anilines is 1. The Morgan fingerprint density at radius 1 is 1.35 bits per heavy atom. The van der Waals surface area contributed by atoms with E-state index in [0.29, 0.717) is 0 Å². The van der Waals surface area contributed by atoms with Gasteiger partial charge < -0.3 is 4.90 Å². The van der Waals surface area contributed by atoms with Crippen LogP contribution in [0.4, 0.5) is 5.82 Å². The highest BCUT2D eigenvalue weighted by Crippen LogP contribution is 2.31. The summed E-state index contributed by atoms with van der Waals surface area (Å²) in [4.78, 5) is 7.38. The lowest BCUT2D eigenvalue weighted by atomic mass is 9.95. The second-order valence-corrected chi connectivity index (χ2v) is 6.60. The Bertz CT molecular complexity index is 609. The van der Waals surface area contributed by atoms with E-state index in [1.54, 1.807) is 0 Å². The van der Waals surface area contributed by atoms with Crippen molar-refractivity contribution < 1.29 is 0 Å². The summed E-state index contributed by atoms with van der Waals surface area (Å²) in [6.45, 7) is 6.93. The molecule has 1 fully saturated rings. The van der Waals surface area contributed by atoms with Crippen LogP contribution in [0.25, 0.3) is 10.9 Å². The van der Waals surface area contributed by atoms with Gasteiger partial charge in [-0.2, -0.15) is 0 Å². The van der Waals surface area contributed by atoms with Crippen LogP contribution in [0.15, 0.2) is 30.3 Å². The van der Waals surface area contributed by atoms with E-state index in [9.17, 15) is 0 Å². The Morgan fingerprint density at radius 3 is 2.85 bits per heavy atom. The Balaban J connectivity index is 1.98. The molecule has 106 valence electrons. The van der Waals surface area contributed by atoms with E-state index in [-0.39, 0.29) is 0 Å². The smallest absolute Gasteiger partial charge is 0.133 e. The first-order valence-electron chi connectivity index (χ1n) is 7.38. The molecule has 1 unspecified atom stereocenters. The average molecular weight is 333 g/mol. The third-order valence-corrected chi connectivity index (χ3v) is 5.00. The maximum atomic E-state index is 4.92. The summed E-state index contributed by atoms with van der Waals surface area (Å²) in [5.74, 6) is 2.73. The second kappa shape index (κ2) is 5.72. The molecule has 1 aliphatic heterocycles. The van der Waals surface area contributed by atoms with Crippen LogP contribution in [0.5, 0.6) is 0 Å². The van der Waals surface area contributed by atoms with Crippen molar-refractivity contribution in [3.63, 3.8) is 0 Å². The number of benzene rings is 1. The van der Waals surface area contributed by atoms with Crippen molar-refractivity contribution in [3.8, 4) is 0 Å². The van der Waals surface area contributed by atoms with Crippen LogP contribution in [-0.4, -0.2) is 18.1 Å². The number of hydrogen-bond donors (Lipinski definition) is 0. The van der Waals surface area contributed by atoms with Crippen LogP contribution in [0.1, 0.15) is 25.8 Å². The van der Waals surface area contributed by atoms with E-state index in [4.69, 9.17) is 4.98 Å². The number of rotatable bonds is 3. The van der Waals surface area contributed by atoms with Crippen molar-refractivity contribution >= 4 is 32.7 Å². The molecule has 2 nitrogen and oxygen atoms in total. The highest BCUT2D eigenvalue weighted by Gasteiger charge is 2.27. The first-order chi connectivity index (χ1) is 9.69. The zero-order chi connectivity index (χ0) is 14.1. The fraction of sp³-hybridized carbons (Fsp3) is 0.471. The Morgan fingerprint density at radius 2 is 2.15 bits per heavy atom. The fourth-order valence-corrected chi connectivity index (χ4v) is 3.46. The number of halogens is 1. The molecule has 1 aromatic carbocycles. The molecule has 0 saturated carbocycles. The molecule has 1 aliphatic rings. The van der Waals surface area contributed by atoms with Crippen LogP contribution in [0.3, 0.4) is 0 Å². The van der Waals surface area contributed by atoms with Gasteiger partial charge in [0.05, 0.1) is 5.52 Å². The molecule has 0 aliphatic carbocycles. The zero-order valence-electron chi connectivity index (χ0n) is 12.1. The van der Waals surface area contributed by atoms with E-state index >= 15 is 0 Å². The minimum absolute atomic E-state index is 0.757. The highest BCUT2D eigenvalue weighted by molar-refractivity contribution is 9.08. The van der Waals surface area contributed by atoms with E-state index in [1.165, 1.54) is 23.2 Å². The largest absolute Gasteiger partial charge is 0.356 e. The Kier molecular flexibility index (Phi) is 3.97. The molecule has 3 rings (SSSR count). The number of fused-ring (bicyclic) bond motifs is 1. The van der Waals surface area contributed by atoms with Crippen molar-refractivity contribution in [2.24, 2.45) is 11.8 Å². The van der Waals surface area contributed by atoms with Gasteiger partial charge in [0.15, 0.2) is 0 Å². The fourth-order valence-electron chi connectivity index (χ4n) is 3.05. The topological polar surface area (TPSA) is 16.1 Å². The summed E-state index contributed by atoms with van der Waals surface area (Å²) in [6.07, 6.45) is 1.29. The van der Waals surface area contributed by atoms with E-state index in [2.05, 4.69) is 65.0 Å². The molecule has 2 heterocycles. The third-order valence-electron chi connectivity index (χ3n) is 4.39. The number of aromatic nitrogens is 1. The summed E-state index contributed by atoms with van der Waals surface area (Å²) >= 11 is 3.62. The highest BCUT2D eigenvalue weighted by atomic mass is 79.9. The maximum absolute atomic E-state index is 4.92. The quantitative estimate of drug-likeness (QED) is 0.763. The number of alkyl halides is 1. The first-order valence-corrected chi connectivity index (χ1v) is 8.50. The number of nitrogens with zero attached hydrogens (tertiary/aromatic N) is 2. The Hall–Kier alpha value is -1.09. The molecule has 3 heteroatoms. The number of para-hydroxylation sites is 1. The molecule has 0 radical (unpaired) electrons. The maximum Gasteiger partial charge on any atom is 0.133 e. The molecule has 20 heavy (non-hydrogen) atoms. The molecule has 2 aromatic rings. The lowest BCUT2D eigenvalue weighted by molar-refractivity contribution is 0.422. The molecular formula is C17H21BrN2. The normalized spacial score (nSPS) is 19.2. The van der Waals surface area contributed by atoms with Gasteiger partial charge in [-0.25, -0.2) is 4.98 Å². The van der Waals surface area contributed by atoms with Gasteiger partial charge in [-0.3, -0.25) is 0 Å². The van der Waals surface area contributed by atoms with Crippen LogP contribution in [0, 0.1) is 11.8 Å². The standard InChI is InChI=1S/C17H21BrN2/c1-12(2)14-7-8-20(11-14)17-15(10-18)9-13-5-3-4-6-16(13)19-17/h3-6,9,12,14H,7-8,10-11H2,1-2H3. The molecule has 0 N–H and O–H groups in total. The van der Waals surface area contributed by atoms with Gasteiger partial charge in [0, 0.05) is 29.4 Å². The minimum Gasteiger partial charge on any atom is -0.356 e. The van der Waals surface area contributed by atoms with Crippen LogP contribution in [0.2, 0.25) is 0 Å². The van der Waals surface area contributed by atoms with E-state index in [0.717, 1.165) is 35.8 Å². The molecule has 0 amide bonds. The second-order valence-electron chi connectivity index (χ2n) is 6.04. The number of hydrogen-bond acceptors (Lipinski definition) is 2. The summed E-state index contributed by atoms with van der Waals surface area (Å²) in [7, 11) is 0. The minimum atomic E-state index is 0.757. The predicted molar refractivity (Wildman–Crippen MR) is 89.5 cm³/mol. The van der Waals surface area contributed by atoms with Gasteiger partial charge in [-0.15, -0.1) is 0 Å². The van der Waals surface area contributed by atoms with E-state index < -0.39 is 0 Å². The lowest BCUT2D eigenvalue weighted by Gasteiger charge is -2.22. The molecule has 1 aromatic heterocycles. The predicted octanol–water partition coefficient (Wildman–Crippen LogP) is 4.61. The lowest BCUT2D eigenvalue weighted by Crippen LogP contribution is -2.23. The van der Waals surface area contributed by atoms with Crippen LogP contribution >= 0.6 is 15.9 Å². The third kappa shape index (κ3) is 2.56. The average Bonchev–Trinajstić information content (AvgIpc) is 2.95. The summed E-state index contributed by atoms with van der Waals surface area (Å²) in [5, 5.41) is 2.09. The Labute approximate surface area is 129 Å². The summed E-state index contributed by atoms with van der Waals surface area (Å²) in [5.41, 5.74) is 2.40. The van der Waals surface area contributed by atoms with Gasteiger partial charge in [-0.1, -0.05) is 48.0 Å². The molecule has 1 saturated heterocycles. The van der Waals surface area contributed by atoms with Crippen molar-refractivity contribution in [1.29, 1.82) is 0 Å². The molecule has 1 atom stereocenters. The van der Waals surface area contributed by atoms with Crippen molar-refractivity contribution in [3.05, 3.63) is 35.9 Å². The molecular weight excluding hydrogens is 312 g/mol. The SMILES string of the molecule is CC(C)C1CCN(c2nc3ccccc3cc2CBr)C1. The summed E-state index contributed by atoms with van der Waals surface area (Å²) in [6, 6.07) is 10.7. The molecule has 0 spiro atoms. The van der Waals surface area contributed by atoms with Gasteiger partial charge in [0.1, 0.15) is 5.82 Å². The zero-order valence-corrected chi connectivity index (χ0v) is 13.7. The molecule has 0 bridgehead atoms. The van der Waals surface area contributed by atoms with Crippen molar-refractivity contribution in [1.82, 2.24) is 4.98 Å². The van der Waals surface area contributed by atoms with Gasteiger partial charge >= 0.3 is 0 Å². The monoisotopic (exact) mass is 332 g/mol. The number of pyridine rings is 1. The van der Waals surface area contributed by atoms with Crippen molar-refractivity contribution in [2.45, 2.75) is 25.6 Å². The first kappa shape index (κ1) is 13.9. The van der Waals surface area contributed by atoms with E-state index in [1.807, 2.05) is 0 Å².